The second kappa shape index (κ2) is 7.69. The molecule has 1 aromatic carbocycles. The zero-order valence-corrected chi connectivity index (χ0v) is 16.2. The van der Waals surface area contributed by atoms with Crippen LogP contribution in [-0.2, 0) is 34.6 Å². The Hall–Kier alpha value is -1.77. The number of hydrogen-bond donors (Lipinski definition) is 0. The summed E-state index contributed by atoms with van der Waals surface area (Å²) in [4.78, 5) is 12.4. The lowest BCUT2D eigenvalue weighted by atomic mass is 9.94. The van der Waals surface area contributed by atoms with Crippen molar-refractivity contribution < 1.29 is 31.8 Å². The van der Waals surface area contributed by atoms with Gasteiger partial charge in [0, 0.05) is 6.42 Å². The SMILES string of the molecule is CCOC(=O)C1=CC2(CCC1S(=O)(=O)Cc1ccc(F)cc1C)OCCO2. The molecule has 1 aliphatic carbocycles. The number of carbonyl (C=O) groups excluding carboxylic acids is 1. The summed E-state index contributed by atoms with van der Waals surface area (Å²) in [6.07, 6.45) is 1.98. The maximum Gasteiger partial charge on any atom is 0.335 e. The van der Waals surface area contributed by atoms with Gasteiger partial charge < -0.3 is 14.2 Å². The standard InChI is InChI=1S/C19H23FO6S/c1-3-24-18(21)16-11-19(25-8-9-26-19)7-6-17(16)27(22,23)12-14-4-5-15(20)10-13(14)2/h4-5,10-11,17H,3,6-9,12H2,1-2H3. The van der Waals surface area contributed by atoms with Crippen LogP contribution in [0.3, 0.4) is 0 Å². The molecule has 0 amide bonds. The highest BCUT2D eigenvalue weighted by Gasteiger charge is 2.45. The van der Waals surface area contributed by atoms with Gasteiger partial charge in [0.15, 0.2) is 15.6 Å². The van der Waals surface area contributed by atoms with Crippen LogP contribution >= 0.6 is 0 Å². The van der Waals surface area contributed by atoms with Crippen molar-refractivity contribution in [3.05, 3.63) is 46.8 Å². The zero-order chi connectivity index (χ0) is 19.7. The molecule has 1 spiro atoms. The van der Waals surface area contributed by atoms with Gasteiger partial charge in [0.1, 0.15) is 5.82 Å². The first-order valence-electron chi connectivity index (χ1n) is 8.91. The number of hydrogen-bond acceptors (Lipinski definition) is 6. The molecule has 148 valence electrons. The lowest BCUT2D eigenvalue weighted by Gasteiger charge is -2.33. The fourth-order valence-corrected chi connectivity index (χ4v) is 5.49. The average molecular weight is 398 g/mol. The van der Waals surface area contributed by atoms with Crippen molar-refractivity contribution >= 4 is 15.8 Å². The summed E-state index contributed by atoms with van der Waals surface area (Å²) in [6.45, 7) is 4.23. The molecule has 27 heavy (non-hydrogen) atoms. The first-order valence-corrected chi connectivity index (χ1v) is 10.6. The summed E-state index contributed by atoms with van der Waals surface area (Å²) >= 11 is 0. The van der Waals surface area contributed by atoms with Crippen LogP contribution in [-0.4, -0.2) is 45.2 Å². The molecule has 6 nitrogen and oxygen atoms in total. The second-order valence-electron chi connectivity index (χ2n) is 6.73. The molecule has 1 unspecified atom stereocenters. The summed E-state index contributed by atoms with van der Waals surface area (Å²) in [5.41, 5.74) is 1.10. The molecule has 0 radical (unpaired) electrons. The second-order valence-corrected chi connectivity index (χ2v) is 8.92. The van der Waals surface area contributed by atoms with Crippen molar-refractivity contribution in [1.29, 1.82) is 0 Å². The van der Waals surface area contributed by atoms with Crippen LogP contribution in [0.2, 0.25) is 0 Å². The quantitative estimate of drug-likeness (QED) is 0.709. The number of rotatable bonds is 5. The molecule has 1 saturated heterocycles. The van der Waals surface area contributed by atoms with Crippen LogP contribution in [0, 0.1) is 12.7 Å². The van der Waals surface area contributed by atoms with E-state index >= 15 is 0 Å². The third kappa shape index (κ3) is 4.23. The van der Waals surface area contributed by atoms with Gasteiger partial charge in [-0.25, -0.2) is 17.6 Å². The summed E-state index contributed by atoms with van der Waals surface area (Å²) in [5, 5.41) is -1.01. The maximum atomic E-state index is 13.3. The zero-order valence-electron chi connectivity index (χ0n) is 15.4. The third-order valence-electron chi connectivity index (χ3n) is 4.86. The molecule has 0 saturated carbocycles. The van der Waals surface area contributed by atoms with E-state index in [-0.39, 0.29) is 24.4 Å². The van der Waals surface area contributed by atoms with E-state index in [1.54, 1.807) is 13.8 Å². The average Bonchev–Trinajstić information content (AvgIpc) is 3.05. The highest BCUT2D eigenvalue weighted by Crippen LogP contribution is 2.38. The summed E-state index contributed by atoms with van der Waals surface area (Å²) in [5.74, 6) is -2.44. The Labute approximate surface area is 158 Å². The fraction of sp³-hybridized carbons (Fsp3) is 0.526. The van der Waals surface area contributed by atoms with Gasteiger partial charge in [0.25, 0.3) is 0 Å². The summed E-state index contributed by atoms with van der Waals surface area (Å²) in [7, 11) is -3.73. The Bertz CT molecular complexity index is 855. The highest BCUT2D eigenvalue weighted by atomic mass is 32.2. The number of benzene rings is 1. The Morgan fingerprint density at radius 2 is 2.04 bits per heavy atom. The van der Waals surface area contributed by atoms with E-state index in [0.717, 1.165) is 0 Å². The van der Waals surface area contributed by atoms with E-state index in [1.807, 2.05) is 0 Å². The number of aryl methyl sites for hydroxylation is 1. The van der Waals surface area contributed by atoms with Gasteiger partial charge in [0.05, 0.1) is 36.4 Å². The van der Waals surface area contributed by atoms with Crippen molar-refractivity contribution in [2.24, 2.45) is 0 Å². The molecule has 1 atom stereocenters. The normalized spacial score (nSPS) is 21.9. The van der Waals surface area contributed by atoms with Crippen LogP contribution in [0.4, 0.5) is 4.39 Å². The van der Waals surface area contributed by atoms with Crippen LogP contribution in [0.25, 0.3) is 0 Å². The van der Waals surface area contributed by atoms with E-state index in [1.165, 1.54) is 24.3 Å². The molecule has 0 N–H and O–H groups in total. The van der Waals surface area contributed by atoms with Crippen molar-refractivity contribution in [3.63, 3.8) is 0 Å². The van der Waals surface area contributed by atoms with E-state index in [0.29, 0.717) is 30.8 Å². The van der Waals surface area contributed by atoms with Crippen molar-refractivity contribution in [3.8, 4) is 0 Å². The molecular weight excluding hydrogens is 375 g/mol. The van der Waals surface area contributed by atoms with Gasteiger partial charge in [-0.15, -0.1) is 0 Å². The lowest BCUT2D eigenvalue weighted by molar-refractivity contribution is -0.143. The number of esters is 1. The van der Waals surface area contributed by atoms with Crippen molar-refractivity contribution in [2.45, 2.75) is 43.5 Å². The molecule has 1 heterocycles. The number of halogens is 1. The molecule has 8 heteroatoms. The summed E-state index contributed by atoms with van der Waals surface area (Å²) in [6, 6.07) is 3.99. The van der Waals surface area contributed by atoms with Crippen LogP contribution in [0.5, 0.6) is 0 Å². The number of carbonyl (C=O) groups is 1. The van der Waals surface area contributed by atoms with E-state index < -0.39 is 32.7 Å². The van der Waals surface area contributed by atoms with Crippen LogP contribution in [0.1, 0.15) is 30.9 Å². The highest BCUT2D eigenvalue weighted by molar-refractivity contribution is 7.91. The van der Waals surface area contributed by atoms with Gasteiger partial charge in [-0.3, -0.25) is 0 Å². The van der Waals surface area contributed by atoms with Crippen LogP contribution in [0.15, 0.2) is 29.8 Å². The minimum Gasteiger partial charge on any atom is -0.463 e. The summed E-state index contributed by atoms with van der Waals surface area (Å²) < 4.78 is 55.8. The molecule has 1 fully saturated rings. The van der Waals surface area contributed by atoms with Crippen LogP contribution < -0.4 is 0 Å². The first-order chi connectivity index (χ1) is 12.8. The number of sulfone groups is 1. The fourth-order valence-electron chi connectivity index (χ4n) is 3.50. The topological polar surface area (TPSA) is 78.9 Å². The van der Waals surface area contributed by atoms with Crippen molar-refractivity contribution in [1.82, 2.24) is 0 Å². The van der Waals surface area contributed by atoms with Gasteiger partial charge in [-0.1, -0.05) is 6.07 Å². The Balaban J connectivity index is 1.93. The molecule has 0 aromatic heterocycles. The Morgan fingerprint density at radius 3 is 2.67 bits per heavy atom. The lowest BCUT2D eigenvalue weighted by Crippen LogP contribution is -2.41. The van der Waals surface area contributed by atoms with Gasteiger partial charge in [-0.05, 0) is 49.6 Å². The molecule has 1 aromatic rings. The Kier molecular flexibility index (Phi) is 5.69. The van der Waals surface area contributed by atoms with E-state index in [9.17, 15) is 17.6 Å². The maximum absolute atomic E-state index is 13.3. The largest absolute Gasteiger partial charge is 0.463 e. The molecule has 0 bridgehead atoms. The minimum absolute atomic E-state index is 0.0461. The smallest absolute Gasteiger partial charge is 0.335 e. The van der Waals surface area contributed by atoms with E-state index in [2.05, 4.69) is 0 Å². The number of ether oxygens (including phenoxy) is 3. The predicted octanol–water partition coefficient (Wildman–Crippen LogP) is 2.44. The predicted molar refractivity (Wildman–Crippen MR) is 96.1 cm³/mol. The molecule has 3 rings (SSSR count). The van der Waals surface area contributed by atoms with Crippen molar-refractivity contribution in [2.75, 3.05) is 19.8 Å². The minimum atomic E-state index is -3.73. The first kappa shape index (κ1) is 20.0. The molecular formula is C19H23FO6S. The van der Waals surface area contributed by atoms with Gasteiger partial charge in [-0.2, -0.15) is 0 Å². The molecule has 1 aliphatic heterocycles. The van der Waals surface area contributed by atoms with Gasteiger partial charge in [0.2, 0.25) is 0 Å². The third-order valence-corrected chi connectivity index (χ3v) is 6.93. The molecule has 2 aliphatic rings. The Morgan fingerprint density at radius 1 is 1.33 bits per heavy atom. The monoisotopic (exact) mass is 398 g/mol. The van der Waals surface area contributed by atoms with E-state index in [4.69, 9.17) is 14.2 Å². The van der Waals surface area contributed by atoms with Gasteiger partial charge >= 0.3 is 5.97 Å².